The molecule has 4 heterocycles. The van der Waals surface area contributed by atoms with Gasteiger partial charge in [-0.25, -0.2) is 9.79 Å². The average Bonchev–Trinajstić information content (AvgIpc) is 3.51. The number of hydrogen-bond acceptors (Lipinski definition) is 9. The number of benzene rings is 1. The van der Waals surface area contributed by atoms with Crippen molar-refractivity contribution in [3.63, 3.8) is 0 Å². The van der Waals surface area contributed by atoms with Gasteiger partial charge in [0.25, 0.3) is 5.62 Å². The highest BCUT2D eigenvalue weighted by atomic mass is 16.5. The number of hydrogen-bond donors (Lipinski definition) is 4. The maximum Gasteiger partial charge on any atom is 0.326 e. The standard InChI is InChI=1S/C24H27N9O3/c34-21-19(28-24(35)30-21)11-17-13-26-33-20(17)29-22(31-23(33)27-18-4-5-18)25-12-15-2-1-3-16(10-15)14-32-6-8-36-9-7-32/h1-3,10-11,13,18,34H,4-9,12,14H2,(H,25,27,31)(H2,28,30,35). The zero-order valence-electron chi connectivity index (χ0n) is 19.6. The normalized spacial score (nSPS) is 17.8. The van der Waals surface area contributed by atoms with Crippen molar-refractivity contribution < 1.29 is 9.84 Å². The molecule has 1 aliphatic carbocycles. The molecule has 12 nitrogen and oxygen atoms in total. The third-order valence-electron chi connectivity index (χ3n) is 6.21. The number of nitrogens with one attached hydrogen (secondary N) is 3. The predicted octanol–water partition coefficient (Wildman–Crippen LogP) is -0.0986. The highest BCUT2D eigenvalue weighted by molar-refractivity contribution is 5.57. The Morgan fingerprint density at radius 2 is 2.03 bits per heavy atom. The van der Waals surface area contributed by atoms with Crippen LogP contribution >= 0.6 is 0 Å². The molecule has 1 aliphatic heterocycles. The molecule has 186 valence electrons. The molecular weight excluding hydrogens is 462 g/mol. The van der Waals surface area contributed by atoms with E-state index in [1.54, 1.807) is 16.8 Å². The Kier molecular flexibility index (Phi) is 5.95. The number of anilines is 1. The summed E-state index contributed by atoms with van der Waals surface area (Å²) in [5, 5.41) is 18.3. The highest BCUT2D eigenvalue weighted by Crippen LogP contribution is 2.22. The summed E-state index contributed by atoms with van der Waals surface area (Å²) in [6.07, 6.45) is 5.29. The molecule has 4 aromatic rings. The lowest BCUT2D eigenvalue weighted by molar-refractivity contribution is 0.0342. The number of fused-ring (bicyclic) bond motifs is 1. The van der Waals surface area contributed by atoms with E-state index in [2.05, 4.69) is 59.5 Å². The summed E-state index contributed by atoms with van der Waals surface area (Å²) in [5.74, 6) is 0.189. The smallest absolute Gasteiger partial charge is 0.326 e. The molecule has 2 aliphatic rings. The molecule has 0 radical (unpaired) electrons. The second-order valence-corrected chi connectivity index (χ2v) is 9.09. The van der Waals surface area contributed by atoms with Crippen molar-refractivity contribution in [2.45, 2.75) is 32.0 Å². The molecule has 6 rings (SSSR count). The van der Waals surface area contributed by atoms with Gasteiger partial charge in [0.2, 0.25) is 11.8 Å². The lowest BCUT2D eigenvalue weighted by atomic mass is 10.1. The van der Waals surface area contributed by atoms with Crippen molar-refractivity contribution in [2.24, 2.45) is 4.99 Å². The first-order chi connectivity index (χ1) is 17.6. The minimum Gasteiger partial charge on any atom is -0.493 e. The van der Waals surface area contributed by atoms with Gasteiger partial charge in [0.1, 0.15) is 5.69 Å². The lowest BCUT2D eigenvalue weighted by Gasteiger charge is -2.26. The molecule has 2 fully saturated rings. The van der Waals surface area contributed by atoms with Crippen LogP contribution in [0.2, 0.25) is 0 Å². The summed E-state index contributed by atoms with van der Waals surface area (Å²) in [5.41, 5.74) is 3.13. The van der Waals surface area contributed by atoms with Gasteiger partial charge in [-0.15, -0.1) is 0 Å². The van der Waals surface area contributed by atoms with Crippen LogP contribution in [0.5, 0.6) is 5.88 Å². The van der Waals surface area contributed by atoms with Crippen LogP contribution in [0.25, 0.3) is 11.7 Å². The molecule has 3 aromatic heterocycles. The SMILES string of the molecule is O=c1[nH]c(O)c(C=c2cnn3c(=NC4CC4)nc(NCc4cccc(CN5CCOCC5)c4)nc23)[nH]1. The number of rotatable bonds is 7. The van der Waals surface area contributed by atoms with Gasteiger partial charge in [-0.3, -0.25) is 9.88 Å². The number of imidazole rings is 1. The van der Waals surface area contributed by atoms with Gasteiger partial charge in [-0.2, -0.15) is 19.6 Å². The molecule has 0 unspecified atom stereocenters. The van der Waals surface area contributed by atoms with Crippen LogP contribution in [0.1, 0.15) is 29.7 Å². The molecule has 0 atom stereocenters. The molecule has 1 saturated heterocycles. The van der Waals surface area contributed by atoms with Crippen LogP contribution in [0.4, 0.5) is 5.95 Å². The van der Waals surface area contributed by atoms with Gasteiger partial charge in [0.15, 0.2) is 5.65 Å². The maximum atomic E-state index is 11.5. The van der Waals surface area contributed by atoms with E-state index >= 15 is 0 Å². The second kappa shape index (κ2) is 9.55. The largest absolute Gasteiger partial charge is 0.493 e. The number of H-pyrrole nitrogens is 2. The Balaban J connectivity index is 1.29. The van der Waals surface area contributed by atoms with Crippen LogP contribution in [-0.2, 0) is 17.8 Å². The van der Waals surface area contributed by atoms with Crippen LogP contribution in [0.15, 0.2) is 40.2 Å². The number of ether oxygens (including phenoxy) is 1. The Morgan fingerprint density at radius 3 is 2.81 bits per heavy atom. The summed E-state index contributed by atoms with van der Waals surface area (Å²) in [6, 6.07) is 8.73. The van der Waals surface area contributed by atoms with E-state index in [1.165, 1.54) is 5.56 Å². The van der Waals surface area contributed by atoms with Gasteiger partial charge in [0.05, 0.1) is 25.5 Å². The minimum absolute atomic E-state index is 0.244. The second-order valence-electron chi connectivity index (χ2n) is 9.09. The van der Waals surface area contributed by atoms with E-state index in [0.717, 1.165) is 51.3 Å². The average molecular weight is 490 g/mol. The van der Waals surface area contributed by atoms with E-state index in [9.17, 15) is 9.90 Å². The molecule has 0 amide bonds. The quantitative estimate of drug-likeness (QED) is 0.281. The molecule has 4 N–H and O–H groups in total. The Morgan fingerprint density at radius 1 is 1.19 bits per heavy atom. The molecule has 12 heteroatoms. The first-order valence-corrected chi connectivity index (χ1v) is 12.0. The molecular formula is C24H27N9O3. The summed E-state index contributed by atoms with van der Waals surface area (Å²) in [7, 11) is 0. The number of aromatic amines is 2. The lowest BCUT2D eigenvalue weighted by Crippen LogP contribution is -2.35. The van der Waals surface area contributed by atoms with E-state index in [4.69, 9.17) is 9.73 Å². The molecule has 0 bridgehead atoms. The summed E-state index contributed by atoms with van der Waals surface area (Å²) in [4.78, 5) is 32.8. The van der Waals surface area contributed by atoms with Crippen molar-refractivity contribution in [1.29, 1.82) is 0 Å². The fourth-order valence-corrected chi connectivity index (χ4v) is 4.20. The third-order valence-corrected chi connectivity index (χ3v) is 6.21. The van der Waals surface area contributed by atoms with Crippen LogP contribution in [0.3, 0.4) is 0 Å². The highest BCUT2D eigenvalue weighted by Gasteiger charge is 2.21. The van der Waals surface area contributed by atoms with Crippen molar-refractivity contribution in [1.82, 2.24) is 34.4 Å². The van der Waals surface area contributed by atoms with Crippen LogP contribution in [-0.4, -0.2) is 71.9 Å². The fraction of sp³-hybridized carbons (Fsp3) is 0.375. The zero-order chi connectivity index (χ0) is 24.5. The number of aromatic hydroxyl groups is 1. The number of morpholine rings is 1. The van der Waals surface area contributed by atoms with Gasteiger partial charge < -0.3 is 20.1 Å². The first kappa shape index (κ1) is 22.4. The Bertz CT molecular complexity index is 1560. The molecule has 0 spiro atoms. The summed E-state index contributed by atoms with van der Waals surface area (Å²) >= 11 is 0. The number of nitrogens with zero attached hydrogens (tertiary/aromatic N) is 6. The molecule has 1 saturated carbocycles. The van der Waals surface area contributed by atoms with Gasteiger partial charge >= 0.3 is 5.69 Å². The zero-order valence-corrected chi connectivity index (χ0v) is 19.6. The van der Waals surface area contributed by atoms with Crippen molar-refractivity contribution >= 4 is 17.7 Å². The van der Waals surface area contributed by atoms with E-state index in [-0.39, 0.29) is 17.6 Å². The first-order valence-electron chi connectivity index (χ1n) is 12.0. The predicted molar refractivity (Wildman–Crippen MR) is 131 cm³/mol. The fourth-order valence-electron chi connectivity index (χ4n) is 4.20. The summed E-state index contributed by atoms with van der Waals surface area (Å²) < 4.78 is 7.03. The maximum absolute atomic E-state index is 11.5. The van der Waals surface area contributed by atoms with Crippen LogP contribution < -0.4 is 21.8 Å². The van der Waals surface area contributed by atoms with Crippen LogP contribution in [0, 0.1) is 0 Å². The topological polar surface area (TPSA) is 149 Å². The van der Waals surface area contributed by atoms with E-state index in [1.807, 2.05) is 0 Å². The van der Waals surface area contributed by atoms with Gasteiger partial charge in [-0.1, -0.05) is 24.3 Å². The van der Waals surface area contributed by atoms with Gasteiger partial charge in [-0.05, 0) is 30.0 Å². The van der Waals surface area contributed by atoms with E-state index < -0.39 is 5.69 Å². The Labute approximate surface area is 205 Å². The van der Waals surface area contributed by atoms with Crippen molar-refractivity contribution in [3.8, 4) is 5.88 Å². The third kappa shape index (κ3) is 4.99. The minimum atomic E-state index is -0.493. The van der Waals surface area contributed by atoms with Crippen molar-refractivity contribution in [3.05, 3.63) is 68.6 Å². The molecule has 36 heavy (non-hydrogen) atoms. The Hall–Kier alpha value is -4.03. The van der Waals surface area contributed by atoms with Crippen molar-refractivity contribution in [2.75, 3.05) is 31.6 Å². The monoisotopic (exact) mass is 489 g/mol. The number of aromatic nitrogens is 6. The van der Waals surface area contributed by atoms with Gasteiger partial charge in [0, 0.05) is 31.4 Å². The summed E-state index contributed by atoms with van der Waals surface area (Å²) in [6.45, 7) is 4.90. The molecule has 1 aromatic carbocycles. The van der Waals surface area contributed by atoms with E-state index in [0.29, 0.717) is 29.0 Å².